The highest BCUT2D eigenvalue weighted by Gasteiger charge is 2.67. The number of halogens is 1. The van der Waals surface area contributed by atoms with Gasteiger partial charge in [-0.15, -0.1) is 0 Å². The summed E-state index contributed by atoms with van der Waals surface area (Å²) in [5, 5.41) is 6.23. The summed E-state index contributed by atoms with van der Waals surface area (Å²) in [5.74, 6) is -1.25. The van der Waals surface area contributed by atoms with Gasteiger partial charge in [0.1, 0.15) is 6.61 Å². The first-order valence-corrected chi connectivity index (χ1v) is 9.32. The molecule has 1 aliphatic carbocycles. The molecule has 1 saturated carbocycles. The minimum Gasteiger partial charge on any atom is -0.468 e. The van der Waals surface area contributed by atoms with Crippen LogP contribution in [-0.4, -0.2) is 39.0 Å². The summed E-state index contributed by atoms with van der Waals surface area (Å²) in [6.45, 7) is 0.303. The molecule has 0 unspecified atom stereocenters. The fraction of sp³-hybridized carbons (Fsp3) is 0.350. The van der Waals surface area contributed by atoms with E-state index in [2.05, 4.69) is 27.2 Å². The van der Waals surface area contributed by atoms with Gasteiger partial charge in [-0.25, -0.2) is 0 Å². The molecular formula is C20H20BrNO5. The summed E-state index contributed by atoms with van der Waals surface area (Å²) >= 11 is 3.46. The molecule has 0 heterocycles. The minimum absolute atomic E-state index is 0.147. The summed E-state index contributed by atoms with van der Waals surface area (Å²) in [7, 11) is 2.54. The smallest absolute Gasteiger partial charge is 0.323 e. The van der Waals surface area contributed by atoms with Gasteiger partial charge in [0, 0.05) is 4.47 Å². The van der Waals surface area contributed by atoms with Gasteiger partial charge >= 0.3 is 11.9 Å². The summed E-state index contributed by atoms with van der Waals surface area (Å²) < 4.78 is 10.5. The zero-order valence-electron chi connectivity index (χ0n) is 15.1. The molecule has 27 heavy (non-hydrogen) atoms. The Labute approximate surface area is 165 Å². The van der Waals surface area contributed by atoms with Gasteiger partial charge in [-0.05, 0) is 53.3 Å². The SMILES string of the molecule is COC(=O)C1(C(=O)OC)C[C@@H]1CCO/N=C/c1ccc2cc(Br)ccc2c1. The van der Waals surface area contributed by atoms with Crippen LogP contribution in [0.15, 0.2) is 46.0 Å². The number of oxime groups is 1. The normalized spacial score (nSPS) is 17.7. The van der Waals surface area contributed by atoms with Crippen molar-refractivity contribution in [2.75, 3.05) is 20.8 Å². The van der Waals surface area contributed by atoms with Crippen LogP contribution in [0.5, 0.6) is 0 Å². The van der Waals surface area contributed by atoms with E-state index < -0.39 is 17.4 Å². The van der Waals surface area contributed by atoms with Gasteiger partial charge in [-0.3, -0.25) is 9.59 Å². The monoisotopic (exact) mass is 433 g/mol. The molecule has 3 rings (SSSR count). The van der Waals surface area contributed by atoms with Crippen molar-refractivity contribution in [2.24, 2.45) is 16.5 Å². The molecule has 142 valence electrons. The van der Waals surface area contributed by atoms with Crippen molar-refractivity contribution < 1.29 is 23.9 Å². The molecule has 0 aromatic heterocycles. The Kier molecular flexibility index (Phi) is 5.79. The highest BCUT2D eigenvalue weighted by atomic mass is 79.9. The number of hydrogen-bond acceptors (Lipinski definition) is 6. The van der Waals surface area contributed by atoms with Crippen LogP contribution < -0.4 is 0 Å². The quantitative estimate of drug-likeness (QED) is 0.219. The lowest BCUT2D eigenvalue weighted by atomic mass is 10.0. The summed E-state index contributed by atoms with van der Waals surface area (Å²) in [4.78, 5) is 29.1. The van der Waals surface area contributed by atoms with Gasteiger partial charge in [0.05, 0.1) is 20.4 Å². The van der Waals surface area contributed by atoms with Crippen LogP contribution in [0.25, 0.3) is 10.8 Å². The highest BCUT2D eigenvalue weighted by molar-refractivity contribution is 9.10. The Morgan fingerprint density at radius 1 is 1.15 bits per heavy atom. The van der Waals surface area contributed by atoms with Crippen LogP contribution in [0, 0.1) is 11.3 Å². The number of fused-ring (bicyclic) bond motifs is 1. The molecule has 0 saturated heterocycles. The van der Waals surface area contributed by atoms with E-state index in [-0.39, 0.29) is 5.92 Å². The van der Waals surface area contributed by atoms with E-state index in [1.54, 1.807) is 6.21 Å². The molecule has 7 heteroatoms. The molecule has 0 amide bonds. The number of methoxy groups -OCH3 is 2. The molecule has 0 radical (unpaired) electrons. The number of esters is 2. The number of nitrogens with zero attached hydrogens (tertiary/aromatic N) is 1. The Morgan fingerprint density at radius 3 is 2.52 bits per heavy atom. The first kappa shape index (κ1) is 19.4. The van der Waals surface area contributed by atoms with Gasteiger partial charge in [0.15, 0.2) is 5.41 Å². The van der Waals surface area contributed by atoms with Gasteiger partial charge < -0.3 is 14.3 Å². The Hall–Kier alpha value is -2.41. The van der Waals surface area contributed by atoms with Gasteiger partial charge in [0.25, 0.3) is 0 Å². The van der Waals surface area contributed by atoms with Crippen molar-refractivity contribution in [2.45, 2.75) is 12.8 Å². The molecule has 1 atom stereocenters. The molecule has 0 N–H and O–H groups in total. The molecule has 6 nitrogen and oxygen atoms in total. The lowest BCUT2D eigenvalue weighted by Gasteiger charge is -2.11. The highest BCUT2D eigenvalue weighted by Crippen LogP contribution is 2.56. The minimum atomic E-state index is -1.18. The molecule has 0 bridgehead atoms. The van der Waals surface area contributed by atoms with Crippen molar-refractivity contribution in [1.82, 2.24) is 0 Å². The fourth-order valence-electron chi connectivity index (χ4n) is 3.29. The maximum Gasteiger partial charge on any atom is 0.323 e. The van der Waals surface area contributed by atoms with E-state index in [9.17, 15) is 9.59 Å². The predicted molar refractivity (Wildman–Crippen MR) is 104 cm³/mol. The van der Waals surface area contributed by atoms with Crippen LogP contribution in [0.1, 0.15) is 18.4 Å². The molecule has 2 aromatic carbocycles. The number of benzene rings is 2. The van der Waals surface area contributed by atoms with Crippen molar-refractivity contribution in [3.05, 3.63) is 46.4 Å². The lowest BCUT2D eigenvalue weighted by Crippen LogP contribution is -2.30. The number of carbonyl (C=O) groups is 2. The number of ether oxygens (including phenoxy) is 2. The van der Waals surface area contributed by atoms with E-state index >= 15 is 0 Å². The van der Waals surface area contributed by atoms with Crippen molar-refractivity contribution in [1.29, 1.82) is 0 Å². The summed E-state index contributed by atoms with van der Waals surface area (Å²) in [6, 6.07) is 12.1. The zero-order chi connectivity index (χ0) is 19.4. The Bertz CT molecular complexity index is 879. The van der Waals surface area contributed by atoms with E-state index in [0.29, 0.717) is 19.4 Å². The molecule has 1 aliphatic rings. The number of carbonyl (C=O) groups excluding carboxylic acids is 2. The average Bonchev–Trinajstić information content (AvgIpc) is 3.41. The second kappa shape index (κ2) is 8.08. The second-order valence-electron chi connectivity index (χ2n) is 6.46. The van der Waals surface area contributed by atoms with E-state index in [1.165, 1.54) is 14.2 Å². The van der Waals surface area contributed by atoms with Gasteiger partial charge in [-0.1, -0.05) is 39.3 Å². The third kappa shape index (κ3) is 3.98. The molecule has 0 aliphatic heterocycles. The van der Waals surface area contributed by atoms with Crippen LogP contribution in [0.3, 0.4) is 0 Å². The van der Waals surface area contributed by atoms with Crippen LogP contribution >= 0.6 is 15.9 Å². The Morgan fingerprint density at radius 2 is 1.81 bits per heavy atom. The molecule has 1 fully saturated rings. The van der Waals surface area contributed by atoms with E-state index in [0.717, 1.165) is 20.8 Å². The first-order chi connectivity index (χ1) is 13.0. The van der Waals surface area contributed by atoms with Crippen LogP contribution in [-0.2, 0) is 23.9 Å². The molecule has 2 aromatic rings. The van der Waals surface area contributed by atoms with Gasteiger partial charge in [-0.2, -0.15) is 0 Å². The third-order valence-corrected chi connectivity index (χ3v) is 5.36. The molecular weight excluding hydrogens is 414 g/mol. The van der Waals surface area contributed by atoms with Crippen molar-refractivity contribution >= 4 is 44.9 Å². The van der Waals surface area contributed by atoms with Crippen LogP contribution in [0.4, 0.5) is 0 Å². The lowest BCUT2D eigenvalue weighted by molar-refractivity contribution is -0.162. The maximum absolute atomic E-state index is 11.9. The van der Waals surface area contributed by atoms with E-state index in [4.69, 9.17) is 14.3 Å². The van der Waals surface area contributed by atoms with Crippen molar-refractivity contribution in [3.8, 4) is 0 Å². The third-order valence-electron chi connectivity index (χ3n) is 4.86. The topological polar surface area (TPSA) is 74.2 Å². The largest absolute Gasteiger partial charge is 0.468 e. The summed E-state index contributed by atoms with van der Waals surface area (Å²) in [5.41, 5.74) is -0.252. The maximum atomic E-state index is 11.9. The predicted octanol–water partition coefficient (Wildman–Crippen LogP) is 3.70. The van der Waals surface area contributed by atoms with Crippen molar-refractivity contribution in [3.63, 3.8) is 0 Å². The zero-order valence-corrected chi connectivity index (χ0v) is 16.7. The number of rotatable bonds is 7. The van der Waals surface area contributed by atoms with Gasteiger partial charge in [0.2, 0.25) is 0 Å². The second-order valence-corrected chi connectivity index (χ2v) is 7.38. The van der Waals surface area contributed by atoms with Crippen LogP contribution in [0.2, 0.25) is 0 Å². The Balaban J connectivity index is 1.52. The first-order valence-electron chi connectivity index (χ1n) is 8.52. The number of hydrogen-bond donors (Lipinski definition) is 0. The molecule has 0 spiro atoms. The average molecular weight is 434 g/mol. The standard InChI is InChI=1S/C20H20BrNO5/c1-25-18(23)20(19(24)26-2)11-16(20)7-8-27-22-12-13-3-4-15-10-17(21)6-5-14(15)9-13/h3-6,9-10,12,16H,7-8,11H2,1-2H3/b22-12+/t16-/m0/s1. The fourth-order valence-corrected chi connectivity index (χ4v) is 3.67. The summed E-state index contributed by atoms with van der Waals surface area (Å²) in [6.07, 6.45) is 2.58. The van der Waals surface area contributed by atoms with E-state index in [1.807, 2.05) is 30.3 Å².